The van der Waals surface area contributed by atoms with E-state index in [0.29, 0.717) is 0 Å². The van der Waals surface area contributed by atoms with Crippen molar-refractivity contribution in [1.29, 1.82) is 0 Å². The molecule has 28 heavy (non-hydrogen) atoms. The molecule has 4 aliphatic heterocycles. The van der Waals surface area contributed by atoms with Crippen LogP contribution in [0.25, 0.3) is 0 Å². The summed E-state index contributed by atoms with van der Waals surface area (Å²) in [5.41, 5.74) is 2.30. The number of nitrogens with one attached hydrogen (secondary N) is 1. The number of rotatable bonds is 2. The van der Waals surface area contributed by atoms with Gasteiger partial charge in [0.25, 0.3) is 0 Å². The molecule has 0 spiro atoms. The molecular weight excluding hydrogens is 364 g/mol. The summed E-state index contributed by atoms with van der Waals surface area (Å²) in [6.45, 7) is 4.50. The summed E-state index contributed by atoms with van der Waals surface area (Å²) < 4.78 is 47.0. The van der Waals surface area contributed by atoms with E-state index in [9.17, 15) is 0 Å². The van der Waals surface area contributed by atoms with E-state index in [2.05, 4.69) is 10.3 Å². The van der Waals surface area contributed by atoms with Crippen LogP contribution >= 0.6 is 11.8 Å². The van der Waals surface area contributed by atoms with Crippen LogP contribution in [0.15, 0.2) is 39.0 Å². The minimum Gasteiger partial charge on any atom is -0.472 e. The monoisotopic (exact) mass is 403 g/mol. The Morgan fingerprint density at radius 3 is 3.11 bits per heavy atom. The predicted molar refractivity (Wildman–Crippen MR) is 118 cm³/mol. The third-order valence-corrected chi connectivity index (χ3v) is 7.84. The molecule has 0 amide bonds. The van der Waals surface area contributed by atoms with Crippen LogP contribution in [0.5, 0.6) is 0 Å². The molecule has 0 bridgehead atoms. The molecule has 5 atom stereocenters. The van der Waals surface area contributed by atoms with Gasteiger partial charge in [0, 0.05) is 42.7 Å². The van der Waals surface area contributed by atoms with E-state index in [4.69, 9.17) is 11.6 Å². The van der Waals surface area contributed by atoms with Crippen LogP contribution in [-0.2, 0) is 4.74 Å². The summed E-state index contributed by atoms with van der Waals surface area (Å²) in [6, 6.07) is 0.198. The largest absolute Gasteiger partial charge is 0.472 e. The smallest absolute Gasteiger partial charge is 0.196 e. The van der Waals surface area contributed by atoms with Crippen molar-refractivity contribution in [2.75, 3.05) is 12.3 Å². The summed E-state index contributed by atoms with van der Waals surface area (Å²) >= 11 is 1.83. The zero-order chi connectivity index (χ0) is 23.8. The second kappa shape index (κ2) is 7.05. The number of aliphatic imine (C=N–C) groups is 1. The molecule has 3 nitrogen and oxygen atoms in total. The van der Waals surface area contributed by atoms with Gasteiger partial charge in [-0.1, -0.05) is 26.8 Å². The van der Waals surface area contributed by atoms with Gasteiger partial charge in [-0.3, -0.25) is 0 Å². The molecule has 4 heterocycles. The minimum atomic E-state index is -2.21. The average molecular weight is 404 g/mol. The van der Waals surface area contributed by atoms with E-state index in [1.807, 2.05) is 38.6 Å². The first-order chi connectivity index (χ1) is 15.4. The Bertz CT molecular complexity index is 959. The normalized spacial score (nSPS) is 41.0. The Labute approximate surface area is 181 Å². The highest BCUT2D eigenvalue weighted by Gasteiger charge is 2.45. The van der Waals surface area contributed by atoms with Crippen molar-refractivity contribution in [3.8, 4) is 0 Å². The van der Waals surface area contributed by atoms with E-state index in [0.717, 1.165) is 43.7 Å². The van der Waals surface area contributed by atoms with Crippen LogP contribution in [0.2, 0.25) is 0 Å². The van der Waals surface area contributed by atoms with Gasteiger partial charge in [0.2, 0.25) is 0 Å². The van der Waals surface area contributed by atoms with E-state index >= 15 is 0 Å². The molecule has 1 N–H and O–H groups in total. The number of fused-ring (bicyclic) bond motifs is 3. The Morgan fingerprint density at radius 2 is 2.29 bits per heavy atom. The lowest BCUT2D eigenvalue weighted by molar-refractivity contribution is 0.146. The molecule has 4 heteroatoms. The van der Waals surface area contributed by atoms with Crippen LogP contribution in [-0.4, -0.2) is 30.3 Å². The van der Waals surface area contributed by atoms with Gasteiger partial charge in [-0.05, 0) is 72.4 Å². The fourth-order valence-electron chi connectivity index (χ4n) is 5.38. The fraction of sp³-hybridized carbons (Fsp3) is 0.708. The number of dihydropyridines is 1. The van der Waals surface area contributed by atoms with Crippen molar-refractivity contribution < 1.29 is 11.6 Å². The van der Waals surface area contributed by atoms with Crippen LogP contribution in [0, 0.1) is 23.2 Å². The summed E-state index contributed by atoms with van der Waals surface area (Å²) in [5, 5.41) is 3.72. The molecule has 152 valence electrons. The molecule has 5 aliphatic rings. The van der Waals surface area contributed by atoms with Crippen molar-refractivity contribution in [3.05, 3.63) is 34.0 Å². The van der Waals surface area contributed by atoms with Gasteiger partial charge in [0.15, 0.2) is 6.23 Å². The molecule has 2 unspecified atom stereocenters. The van der Waals surface area contributed by atoms with Crippen molar-refractivity contribution in [2.24, 2.45) is 28.2 Å². The first-order valence-electron chi connectivity index (χ1n) is 13.1. The van der Waals surface area contributed by atoms with Gasteiger partial charge in [0.1, 0.15) is 5.76 Å². The van der Waals surface area contributed by atoms with Crippen molar-refractivity contribution >= 4 is 17.5 Å². The molecule has 1 saturated heterocycles. The Balaban J connectivity index is 1.39. The molecule has 0 saturated carbocycles. The molecule has 0 radical (unpaired) electrons. The summed E-state index contributed by atoms with van der Waals surface area (Å²) in [7, 11) is 0. The zero-order valence-corrected chi connectivity index (χ0v) is 17.9. The SMILES string of the molecule is [2H]C([2H])([2H])C1=N[C@H]2OC3=C([C@H]4CC5=C(CN4)[C@H](C([2H])([2H])C(C)(C)C)CS5)CCCC3C2C=C1. The summed E-state index contributed by atoms with van der Waals surface area (Å²) in [5.74, 6) is 2.18. The fourth-order valence-corrected chi connectivity index (χ4v) is 6.72. The summed E-state index contributed by atoms with van der Waals surface area (Å²) in [6.07, 6.45) is 6.02. The lowest BCUT2D eigenvalue weighted by Crippen LogP contribution is -2.39. The predicted octanol–water partition coefficient (Wildman–Crippen LogP) is 5.46. The Morgan fingerprint density at radius 1 is 1.39 bits per heavy atom. The molecule has 0 aromatic heterocycles. The quantitative estimate of drug-likeness (QED) is 0.665. The number of nitrogens with zero attached hydrogens (tertiary/aromatic N) is 1. The lowest BCUT2D eigenvalue weighted by atomic mass is 9.77. The third kappa shape index (κ3) is 3.41. The number of hydrogen-bond acceptors (Lipinski definition) is 4. The lowest BCUT2D eigenvalue weighted by Gasteiger charge is -2.33. The maximum Gasteiger partial charge on any atom is 0.196 e. The standard InChI is InChI=1S/C24H34N2OS/c1-14-8-9-17-16-6-5-7-18(22(16)27-23(17)26-14)20-10-21-19(12-25-20)15(13-28-21)11-24(2,3)4/h8-9,15-17,20,23,25H,5-7,10-13H2,1-4H3/t15-,16?,17?,20-,23+/m1/s1/i1D3,11D2. The minimum absolute atomic E-state index is 0.0499. The maximum atomic E-state index is 8.80. The van der Waals surface area contributed by atoms with Crippen LogP contribution in [0.3, 0.4) is 0 Å². The van der Waals surface area contributed by atoms with Crippen molar-refractivity contribution in [2.45, 2.75) is 71.9 Å². The first kappa shape index (κ1) is 14.1. The highest BCUT2D eigenvalue weighted by atomic mass is 32.2. The van der Waals surface area contributed by atoms with Crippen LogP contribution in [0.1, 0.15) is 66.5 Å². The summed E-state index contributed by atoms with van der Waals surface area (Å²) in [4.78, 5) is 5.82. The Kier molecular flexibility index (Phi) is 3.55. The second-order valence-electron chi connectivity index (χ2n) is 9.69. The van der Waals surface area contributed by atoms with Gasteiger partial charge in [0.05, 0.1) is 0 Å². The topological polar surface area (TPSA) is 33.6 Å². The molecule has 1 fully saturated rings. The number of ether oxygens (including phenoxy) is 1. The van der Waals surface area contributed by atoms with Gasteiger partial charge < -0.3 is 10.1 Å². The van der Waals surface area contributed by atoms with Gasteiger partial charge in [-0.15, -0.1) is 11.8 Å². The number of thioether (sulfide) groups is 1. The molecule has 1 aliphatic carbocycles. The third-order valence-electron chi connectivity index (χ3n) is 6.56. The van der Waals surface area contributed by atoms with E-state index in [1.165, 1.54) is 16.1 Å². The average Bonchev–Trinajstić information content (AvgIpc) is 3.32. The number of allylic oxidation sites excluding steroid dienone is 2. The first-order valence-corrected chi connectivity index (χ1v) is 11.6. The molecule has 0 aromatic rings. The van der Waals surface area contributed by atoms with E-state index in [-0.39, 0.29) is 29.5 Å². The zero-order valence-electron chi connectivity index (χ0n) is 22.0. The highest BCUT2D eigenvalue weighted by Crippen LogP contribution is 2.50. The van der Waals surface area contributed by atoms with Crippen LogP contribution in [0.4, 0.5) is 0 Å². The van der Waals surface area contributed by atoms with E-state index in [1.54, 1.807) is 6.08 Å². The Hall–Kier alpha value is -1.00. The second-order valence-corrected chi connectivity index (χ2v) is 10.8. The van der Waals surface area contributed by atoms with Crippen molar-refractivity contribution in [1.82, 2.24) is 5.32 Å². The maximum absolute atomic E-state index is 8.80. The van der Waals surface area contributed by atoms with Gasteiger partial charge in [-0.2, -0.15) is 0 Å². The molecular formula is C24H34N2OS. The van der Waals surface area contributed by atoms with E-state index < -0.39 is 24.9 Å². The van der Waals surface area contributed by atoms with Crippen LogP contribution < -0.4 is 5.32 Å². The molecule has 0 aromatic carbocycles. The highest BCUT2D eigenvalue weighted by molar-refractivity contribution is 8.03. The molecule has 5 rings (SSSR count). The van der Waals surface area contributed by atoms with Gasteiger partial charge in [-0.25, -0.2) is 4.99 Å². The number of hydrogen-bond donors (Lipinski definition) is 1. The van der Waals surface area contributed by atoms with Crippen molar-refractivity contribution in [3.63, 3.8) is 0 Å². The van der Waals surface area contributed by atoms with Gasteiger partial charge >= 0.3 is 0 Å².